The van der Waals surface area contributed by atoms with Gasteiger partial charge in [0.05, 0.1) is 16.3 Å². The molecule has 1 aromatic carbocycles. The molecule has 100 valence electrons. The van der Waals surface area contributed by atoms with E-state index in [1.807, 2.05) is 6.92 Å². The molecule has 0 aliphatic rings. The molecule has 1 aromatic rings. The van der Waals surface area contributed by atoms with E-state index >= 15 is 0 Å². The second-order valence-corrected chi connectivity index (χ2v) is 6.16. The smallest absolute Gasteiger partial charge is 0.224 e. The Hall–Kier alpha value is -1.56. The van der Waals surface area contributed by atoms with Crippen LogP contribution < -0.4 is 5.32 Å². The summed E-state index contributed by atoms with van der Waals surface area (Å²) >= 11 is 0. The molecule has 18 heavy (non-hydrogen) atoms. The van der Waals surface area contributed by atoms with E-state index in [0.29, 0.717) is 12.8 Å². The summed E-state index contributed by atoms with van der Waals surface area (Å²) in [4.78, 5) is 11.4. The van der Waals surface area contributed by atoms with Crippen LogP contribution in [0.4, 0.5) is 5.69 Å². The second kappa shape index (κ2) is 5.86. The van der Waals surface area contributed by atoms with Gasteiger partial charge in [0.2, 0.25) is 5.91 Å². The van der Waals surface area contributed by atoms with E-state index in [9.17, 15) is 18.3 Å². The van der Waals surface area contributed by atoms with Crippen LogP contribution in [0.15, 0.2) is 23.1 Å². The van der Waals surface area contributed by atoms with Crippen LogP contribution in [0, 0.1) is 0 Å². The number of nitrogens with one attached hydrogen (secondary N) is 1. The van der Waals surface area contributed by atoms with Gasteiger partial charge >= 0.3 is 0 Å². The monoisotopic (exact) mass is 271 g/mol. The number of amides is 1. The summed E-state index contributed by atoms with van der Waals surface area (Å²) in [7, 11) is -3.35. The Balaban J connectivity index is 2.97. The van der Waals surface area contributed by atoms with Crippen molar-refractivity contribution in [3.05, 3.63) is 18.2 Å². The van der Waals surface area contributed by atoms with Crippen molar-refractivity contribution in [2.75, 3.05) is 11.1 Å². The van der Waals surface area contributed by atoms with E-state index in [1.165, 1.54) is 19.1 Å². The highest BCUT2D eigenvalue weighted by atomic mass is 32.2. The molecule has 6 heteroatoms. The van der Waals surface area contributed by atoms with Gasteiger partial charge in [-0.25, -0.2) is 8.42 Å². The second-order valence-electron chi connectivity index (χ2n) is 3.88. The van der Waals surface area contributed by atoms with Crippen LogP contribution >= 0.6 is 0 Å². The summed E-state index contributed by atoms with van der Waals surface area (Å²) < 4.78 is 23.2. The summed E-state index contributed by atoms with van der Waals surface area (Å²) in [6.07, 6.45) is 1.06. The molecule has 5 nitrogen and oxygen atoms in total. The molecule has 0 heterocycles. The van der Waals surface area contributed by atoms with Gasteiger partial charge in [0.15, 0.2) is 9.84 Å². The summed E-state index contributed by atoms with van der Waals surface area (Å²) in [6.45, 7) is 3.40. The molecule has 0 aromatic heterocycles. The number of carbonyl (C=O) groups is 1. The normalized spacial score (nSPS) is 11.2. The first-order valence-corrected chi connectivity index (χ1v) is 7.41. The molecule has 0 aliphatic heterocycles. The molecule has 0 fully saturated rings. The van der Waals surface area contributed by atoms with Gasteiger partial charge in [-0.05, 0) is 18.6 Å². The minimum Gasteiger partial charge on any atom is -0.506 e. The van der Waals surface area contributed by atoms with Crippen molar-refractivity contribution in [1.29, 1.82) is 0 Å². The van der Waals surface area contributed by atoms with Crippen molar-refractivity contribution < 1.29 is 18.3 Å². The van der Waals surface area contributed by atoms with Gasteiger partial charge in [-0.2, -0.15) is 0 Å². The number of carbonyl (C=O) groups excluding carboxylic acids is 1. The van der Waals surface area contributed by atoms with E-state index < -0.39 is 9.84 Å². The number of aromatic hydroxyl groups is 1. The largest absolute Gasteiger partial charge is 0.506 e. The van der Waals surface area contributed by atoms with Gasteiger partial charge in [0.1, 0.15) is 5.75 Å². The van der Waals surface area contributed by atoms with E-state index in [-0.39, 0.29) is 28.0 Å². The SMILES string of the molecule is CCCC(=O)Nc1ccc(S(=O)(=O)CC)cc1O. The van der Waals surface area contributed by atoms with Crippen molar-refractivity contribution in [2.45, 2.75) is 31.6 Å². The lowest BCUT2D eigenvalue weighted by Crippen LogP contribution is -2.11. The number of hydrogen-bond acceptors (Lipinski definition) is 4. The van der Waals surface area contributed by atoms with Crippen molar-refractivity contribution in [3.63, 3.8) is 0 Å². The standard InChI is InChI=1S/C12H17NO4S/c1-3-5-12(15)13-10-7-6-9(8-11(10)14)18(16,17)4-2/h6-8,14H,3-5H2,1-2H3,(H,13,15). The van der Waals surface area contributed by atoms with Gasteiger partial charge < -0.3 is 10.4 Å². The van der Waals surface area contributed by atoms with Crippen LogP contribution in [0.25, 0.3) is 0 Å². The Bertz CT molecular complexity index is 537. The first kappa shape index (κ1) is 14.5. The van der Waals surface area contributed by atoms with Crippen LogP contribution in [-0.4, -0.2) is 25.2 Å². The minimum absolute atomic E-state index is 0.0337. The molecular formula is C12H17NO4S. The number of rotatable bonds is 5. The number of phenolic OH excluding ortho intramolecular Hbond substituents is 1. The maximum Gasteiger partial charge on any atom is 0.224 e. The lowest BCUT2D eigenvalue weighted by molar-refractivity contribution is -0.116. The zero-order valence-electron chi connectivity index (χ0n) is 10.4. The zero-order chi connectivity index (χ0) is 13.8. The average molecular weight is 271 g/mol. The Morgan fingerprint density at radius 3 is 2.50 bits per heavy atom. The predicted molar refractivity (Wildman–Crippen MR) is 69.4 cm³/mol. The lowest BCUT2D eigenvalue weighted by atomic mass is 10.2. The summed E-state index contributed by atoms with van der Waals surface area (Å²) in [5, 5.41) is 12.2. The van der Waals surface area contributed by atoms with Gasteiger partial charge in [-0.15, -0.1) is 0 Å². The lowest BCUT2D eigenvalue weighted by Gasteiger charge is -2.08. The van der Waals surface area contributed by atoms with Crippen LogP contribution in [0.3, 0.4) is 0 Å². The van der Waals surface area contributed by atoms with Gasteiger partial charge in [0.25, 0.3) is 0 Å². The van der Waals surface area contributed by atoms with E-state index in [1.54, 1.807) is 0 Å². The van der Waals surface area contributed by atoms with Crippen molar-refractivity contribution in [2.24, 2.45) is 0 Å². The van der Waals surface area contributed by atoms with Gasteiger partial charge in [0, 0.05) is 12.5 Å². The number of benzene rings is 1. The van der Waals surface area contributed by atoms with E-state index in [0.717, 1.165) is 6.07 Å². The highest BCUT2D eigenvalue weighted by molar-refractivity contribution is 7.91. The zero-order valence-corrected chi connectivity index (χ0v) is 11.3. The quantitative estimate of drug-likeness (QED) is 0.801. The van der Waals surface area contributed by atoms with Crippen molar-refractivity contribution >= 4 is 21.4 Å². The van der Waals surface area contributed by atoms with Crippen LogP contribution in [0.1, 0.15) is 26.7 Å². The molecule has 0 bridgehead atoms. The predicted octanol–water partition coefficient (Wildman–Crippen LogP) is 1.92. The molecule has 0 saturated carbocycles. The topological polar surface area (TPSA) is 83.5 Å². The maximum absolute atomic E-state index is 11.6. The molecule has 0 saturated heterocycles. The molecule has 0 radical (unpaired) electrons. The molecule has 1 amide bonds. The molecule has 1 rings (SSSR count). The Kier molecular flexibility index (Phi) is 4.72. The van der Waals surface area contributed by atoms with Crippen LogP contribution in [0.5, 0.6) is 5.75 Å². The van der Waals surface area contributed by atoms with E-state index in [4.69, 9.17) is 0 Å². The fourth-order valence-electron chi connectivity index (χ4n) is 1.42. The molecule has 0 spiro atoms. The highest BCUT2D eigenvalue weighted by Crippen LogP contribution is 2.27. The fourth-order valence-corrected chi connectivity index (χ4v) is 2.32. The van der Waals surface area contributed by atoms with Gasteiger partial charge in [-0.1, -0.05) is 13.8 Å². The van der Waals surface area contributed by atoms with Crippen LogP contribution in [0.2, 0.25) is 0 Å². The molecule has 0 aliphatic carbocycles. The van der Waals surface area contributed by atoms with Crippen molar-refractivity contribution in [3.8, 4) is 5.75 Å². The fraction of sp³-hybridized carbons (Fsp3) is 0.417. The van der Waals surface area contributed by atoms with Crippen LogP contribution in [-0.2, 0) is 14.6 Å². The summed E-state index contributed by atoms with van der Waals surface area (Å²) in [5.74, 6) is -0.485. The molecule has 0 unspecified atom stereocenters. The molecule has 0 atom stereocenters. The molecular weight excluding hydrogens is 254 g/mol. The number of hydrogen-bond donors (Lipinski definition) is 2. The first-order valence-electron chi connectivity index (χ1n) is 5.76. The summed E-state index contributed by atoms with van der Waals surface area (Å²) in [6, 6.07) is 3.92. The average Bonchev–Trinajstić information content (AvgIpc) is 2.32. The Labute approximate surface area is 107 Å². The number of anilines is 1. The minimum atomic E-state index is -3.35. The highest BCUT2D eigenvalue weighted by Gasteiger charge is 2.14. The van der Waals surface area contributed by atoms with Gasteiger partial charge in [-0.3, -0.25) is 4.79 Å². The third-order valence-corrected chi connectivity index (χ3v) is 4.19. The Morgan fingerprint density at radius 2 is 2.00 bits per heavy atom. The Morgan fingerprint density at radius 1 is 1.33 bits per heavy atom. The number of sulfone groups is 1. The third kappa shape index (κ3) is 3.46. The first-order chi connectivity index (χ1) is 8.40. The number of phenols is 1. The third-order valence-electron chi connectivity index (χ3n) is 2.46. The van der Waals surface area contributed by atoms with E-state index in [2.05, 4.69) is 5.32 Å². The summed E-state index contributed by atoms with van der Waals surface area (Å²) in [5.41, 5.74) is 0.225. The van der Waals surface area contributed by atoms with Crippen molar-refractivity contribution in [1.82, 2.24) is 0 Å². The molecule has 2 N–H and O–H groups in total. The maximum atomic E-state index is 11.6.